The summed E-state index contributed by atoms with van der Waals surface area (Å²) in [5, 5.41) is 0.838. The number of carbonyl (C=O) groups is 1. The third kappa shape index (κ3) is 2.83. The monoisotopic (exact) mass is 308 g/mol. The average Bonchev–Trinajstić information content (AvgIpc) is 2.94. The lowest BCUT2D eigenvalue weighted by Gasteiger charge is -2.23. The fraction of sp³-hybridized carbons (Fsp3) is 0.111. The normalized spacial score (nSPS) is 19.3. The van der Waals surface area contributed by atoms with E-state index in [4.69, 9.17) is 0 Å². The number of hydrogen-bond donors (Lipinski definition) is 0. The van der Waals surface area contributed by atoms with Crippen LogP contribution in [0.15, 0.2) is 71.4 Å². The second-order valence-corrected chi connectivity index (χ2v) is 5.64. The Bertz CT molecular complexity index is 710. The molecular formula is C18H16N2OS. The van der Waals surface area contributed by atoms with Crippen LogP contribution in [0.4, 0.5) is 5.69 Å². The lowest BCUT2D eigenvalue weighted by molar-refractivity contribution is -0.108. The Morgan fingerprint density at radius 1 is 1.05 bits per heavy atom. The van der Waals surface area contributed by atoms with Gasteiger partial charge in [-0.15, -0.1) is 0 Å². The second kappa shape index (κ2) is 6.62. The molecule has 0 fully saturated rings. The Morgan fingerprint density at radius 2 is 1.68 bits per heavy atom. The predicted octanol–water partition coefficient (Wildman–Crippen LogP) is 3.83. The first kappa shape index (κ1) is 14.6. The van der Waals surface area contributed by atoms with Crippen molar-refractivity contribution >= 4 is 35.0 Å². The molecule has 22 heavy (non-hydrogen) atoms. The lowest BCUT2D eigenvalue weighted by Crippen LogP contribution is -2.35. The molecular weight excluding hydrogens is 292 g/mol. The molecule has 1 aliphatic heterocycles. The molecule has 4 heteroatoms. The average molecular weight is 308 g/mol. The summed E-state index contributed by atoms with van der Waals surface area (Å²) in [6, 6.07) is 19.4. The second-order valence-electron chi connectivity index (χ2n) is 4.86. The van der Waals surface area contributed by atoms with E-state index in [2.05, 4.69) is 4.99 Å². The summed E-state index contributed by atoms with van der Waals surface area (Å²) >= 11 is 1.54. The number of para-hydroxylation sites is 1. The van der Waals surface area contributed by atoms with E-state index < -0.39 is 0 Å². The number of hydrogen-bond acceptors (Lipinski definition) is 4. The lowest BCUT2D eigenvalue weighted by atomic mass is 10.1. The fourth-order valence-corrected chi connectivity index (χ4v) is 3.07. The molecule has 2 aromatic rings. The fourth-order valence-electron chi connectivity index (χ4n) is 2.45. The van der Waals surface area contributed by atoms with Gasteiger partial charge in [-0.3, -0.25) is 0 Å². The van der Waals surface area contributed by atoms with Crippen LogP contribution in [-0.2, 0) is 4.79 Å². The molecule has 0 amide bonds. The molecule has 0 radical (unpaired) electrons. The SMILES string of the molecule is CSC1=NC(=Cc2ccccc2)C(C=O)N1c1ccccc1. The maximum atomic E-state index is 11.7. The van der Waals surface area contributed by atoms with Crippen LogP contribution in [0.3, 0.4) is 0 Å². The molecule has 1 atom stereocenters. The van der Waals surface area contributed by atoms with Crippen molar-refractivity contribution in [2.45, 2.75) is 6.04 Å². The highest BCUT2D eigenvalue weighted by Gasteiger charge is 2.32. The van der Waals surface area contributed by atoms with E-state index in [1.807, 2.05) is 77.9 Å². The molecule has 3 nitrogen and oxygen atoms in total. The van der Waals surface area contributed by atoms with Crippen molar-refractivity contribution in [2.24, 2.45) is 4.99 Å². The van der Waals surface area contributed by atoms with Crippen molar-refractivity contribution in [3.63, 3.8) is 0 Å². The van der Waals surface area contributed by atoms with Gasteiger partial charge in [0, 0.05) is 5.69 Å². The standard InChI is InChI=1S/C18H16N2OS/c1-22-18-19-16(12-14-8-4-2-5-9-14)17(13-21)20(18)15-10-6-3-7-11-15/h2-13,17H,1H3. The molecule has 2 aromatic carbocycles. The smallest absolute Gasteiger partial charge is 0.169 e. The van der Waals surface area contributed by atoms with Gasteiger partial charge in [-0.2, -0.15) is 0 Å². The Kier molecular flexibility index (Phi) is 4.39. The van der Waals surface area contributed by atoms with Gasteiger partial charge in [-0.1, -0.05) is 60.3 Å². The van der Waals surface area contributed by atoms with E-state index in [1.54, 1.807) is 11.8 Å². The van der Waals surface area contributed by atoms with Gasteiger partial charge >= 0.3 is 0 Å². The van der Waals surface area contributed by atoms with Gasteiger partial charge in [0.1, 0.15) is 12.3 Å². The van der Waals surface area contributed by atoms with E-state index in [-0.39, 0.29) is 6.04 Å². The van der Waals surface area contributed by atoms with Crippen LogP contribution < -0.4 is 4.90 Å². The maximum absolute atomic E-state index is 11.7. The number of aldehydes is 1. The van der Waals surface area contributed by atoms with Crippen molar-refractivity contribution in [3.8, 4) is 0 Å². The zero-order valence-corrected chi connectivity index (χ0v) is 13.0. The van der Waals surface area contributed by atoms with E-state index in [0.717, 1.165) is 28.4 Å². The number of aliphatic imine (C=N–C) groups is 1. The minimum Gasteiger partial charge on any atom is -0.305 e. The minimum atomic E-state index is -0.384. The van der Waals surface area contributed by atoms with Gasteiger partial charge in [0.15, 0.2) is 5.17 Å². The summed E-state index contributed by atoms with van der Waals surface area (Å²) in [5.74, 6) is 0. The van der Waals surface area contributed by atoms with Gasteiger partial charge < -0.3 is 9.69 Å². The predicted molar refractivity (Wildman–Crippen MR) is 94.1 cm³/mol. The van der Waals surface area contributed by atoms with Crippen LogP contribution in [0.5, 0.6) is 0 Å². The highest BCUT2D eigenvalue weighted by molar-refractivity contribution is 8.13. The van der Waals surface area contributed by atoms with E-state index in [1.165, 1.54) is 0 Å². The zero-order valence-electron chi connectivity index (χ0n) is 12.2. The van der Waals surface area contributed by atoms with Crippen LogP contribution in [0.2, 0.25) is 0 Å². The van der Waals surface area contributed by atoms with Gasteiger partial charge in [0.2, 0.25) is 0 Å². The summed E-state index contributed by atoms with van der Waals surface area (Å²) in [4.78, 5) is 18.3. The molecule has 0 aromatic heterocycles. The topological polar surface area (TPSA) is 32.7 Å². The van der Waals surface area contributed by atoms with Crippen LogP contribution in [0.1, 0.15) is 5.56 Å². The van der Waals surface area contributed by atoms with Crippen LogP contribution in [-0.4, -0.2) is 23.8 Å². The number of nitrogens with zero attached hydrogens (tertiary/aromatic N) is 2. The van der Waals surface area contributed by atoms with Crippen LogP contribution >= 0.6 is 11.8 Å². The van der Waals surface area contributed by atoms with E-state index >= 15 is 0 Å². The first-order chi connectivity index (χ1) is 10.8. The Balaban J connectivity index is 2.02. The minimum absolute atomic E-state index is 0.384. The number of rotatable bonds is 3. The molecule has 110 valence electrons. The zero-order chi connectivity index (χ0) is 15.4. The Hall–Kier alpha value is -2.33. The Morgan fingerprint density at radius 3 is 2.27 bits per heavy atom. The van der Waals surface area contributed by atoms with Crippen molar-refractivity contribution < 1.29 is 4.79 Å². The first-order valence-corrected chi connectivity index (χ1v) is 8.25. The quantitative estimate of drug-likeness (QED) is 0.808. The van der Waals surface area contributed by atoms with E-state index in [9.17, 15) is 4.79 Å². The molecule has 1 aliphatic rings. The van der Waals surface area contributed by atoms with Crippen molar-refractivity contribution in [3.05, 3.63) is 71.9 Å². The number of thioether (sulfide) groups is 1. The van der Waals surface area contributed by atoms with Gasteiger partial charge in [0.25, 0.3) is 0 Å². The maximum Gasteiger partial charge on any atom is 0.169 e. The number of amidine groups is 1. The molecule has 0 bridgehead atoms. The van der Waals surface area contributed by atoms with E-state index in [0.29, 0.717) is 0 Å². The van der Waals surface area contributed by atoms with Gasteiger partial charge in [-0.25, -0.2) is 4.99 Å². The third-order valence-electron chi connectivity index (χ3n) is 3.47. The number of benzene rings is 2. The molecule has 0 spiro atoms. The highest BCUT2D eigenvalue weighted by Crippen LogP contribution is 2.31. The number of carbonyl (C=O) groups excluding carboxylic acids is 1. The third-order valence-corrected chi connectivity index (χ3v) is 4.13. The van der Waals surface area contributed by atoms with Crippen LogP contribution in [0.25, 0.3) is 6.08 Å². The molecule has 1 heterocycles. The number of anilines is 1. The molecule has 3 rings (SSSR count). The molecule has 0 aliphatic carbocycles. The van der Waals surface area contributed by atoms with Crippen molar-refractivity contribution in [2.75, 3.05) is 11.2 Å². The molecule has 0 saturated carbocycles. The summed E-state index contributed by atoms with van der Waals surface area (Å²) in [6.07, 6.45) is 4.90. The molecule has 1 unspecified atom stereocenters. The van der Waals surface area contributed by atoms with Gasteiger partial charge in [-0.05, 0) is 30.0 Å². The summed E-state index contributed by atoms with van der Waals surface area (Å²) in [7, 11) is 0. The first-order valence-electron chi connectivity index (χ1n) is 7.02. The van der Waals surface area contributed by atoms with Crippen molar-refractivity contribution in [1.82, 2.24) is 0 Å². The Labute approximate surface area is 134 Å². The molecule has 0 N–H and O–H groups in total. The van der Waals surface area contributed by atoms with Crippen LogP contribution in [0, 0.1) is 0 Å². The van der Waals surface area contributed by atoms with Crippen molar-refractivity contribution in [1.29, 1.82) is 0 Å². The summed E-state index contributed by atoms with van der Waals surface area (Å²) in [5.41, 5.74) is 2.79. The van der Waals surface area contributed by atoms with Gasteiger partial charge in [0.05, 0.1) is 5.70 Å². The summed E-state index contributed by atoms with van der Waals surface area (Å²) in [6.45, 7) is 0. The highest BCUT2D eigenvalue weighted by atomic mass is 32.2. The summed E-state index contributed by atoms with van der Waals surface area (Å²) < 4.78 is 0. The largest absolute Gasteiger partial charge is 0.305 e. The molecule has 0 saturated heterocycles.